The Bertz CT molecular complexity index is 562. The van der Waals surface area contributed by atoms with Crippen molar-refractivity contribution in [2.45, 2.75) is 110 Å². The second-order valence-electron chi connectivity index (χ2n) is 9.00. The van der Waals surface area contributed by atoms with Crippen LogP contribution >= 0.6 is 0 Å². The molecule has 2 N–H and O–H groups in total. The van der Waals surface area contributed by atoms with Crippen molar-refractivity contribution in [2.24, 2.45) is 0 Å². The number of phenols is 1. The molecule has 0 aromatic heterocycles. The lowest BCUT2D eigenvalue weighted by Gasteiger charge is -2.07. The summed E-state index contributed by atoms with van der Waals surface area (Å²) in [6.07, 6.45) is 18.5. The Hall–Kier alpha value is -1.75. The van der Waals surface area contributed by atoms with Gasteiger partial charge in [-0.1, -0.05) is 71.1 Å². The molecular weight excluding hydrogens is 414 g/mol. The SMILES string of the molecule is CCCCCCCCCCOCCCCCC(=O)NCCCCCCOc1ccc(O)cc1. The summed E-state index contributed by atoms with van der Waals surface area (Å²) in [4.78, 5) is 11.9. The third-order valence-electron chi connectivity index (χ3n) is 5.83. The molecule has 1 aromatic carbocycles. The van der Waals surface area contributed by atoms with E-state index in [0.717, 1.165) is 70.5 Å². The van der Waals surface area contributed by atoms with Crippen LogP contribution in [0.3, 0.4) is 0 Å². The number of phenolic OH excluding ortho intramolecular Hbond substituents is 1. The van der Waals surface area contributed by atoms with E-state index in [1.807, 2.05) is 0 Å². The monoisotopic (exact) mass is 463 g/mol. The number of rotatable bonds is 23. The molecule has 1 aromatic rings. The van der Waals surface area contributed by atoms with Crippen LogP contribution in [0.15, 0.2) is 24.3 Å². The Morgan fingerprint density at radius 3 is 1.94 bits per heavy atom. The van der Waals surface area contributed by atoms with Crippen LogP contribution in [0.2, 0.25) is 0 Å². The predicted octanol–water partition coefficient (Wildman–Crippen LogP) is 7.17. The number of hydrogen-bond donors (Lipinski definition) is 2. The summed E-state index contributed by atoms with van der Waals surface area (Å²) in [6.45, 7) is 5.42. The van der Waals surface area contributed by atoms with Crippen LogP contribution in [0.25, 0.3) is 0 Å². The molecule has 0 atom stereocenters. The topological polar surface area (TPSA) is 67.8 Å². The van der Waals surface area contributed by atoms with Gasteiger partial charge < -0.3 is 19.9 Å². The highest BCUT2D eigenvalue weighted by Crippen LogP contribution is 2.16. The molecule has 190 valence electrons. The maximum Gasteiger partial charge on any atom is 0.219 e. The van der Waals surface area contributed by atoms with E-state index in [4.69, 9.17) is 9.47 Å². The number of ether oxygens (including phenoxy) is 2. The van der Waals surface area contributed by atoms with E-state index in [1.54, 1.807) is 24.3 Å². The summed E-state index contributed by atoms with van der Waals surface area (Å²) in [7, 11) is 0. The first-order chi connectivity index (χ1) is 16.2. The quantitative estimate of drug-likeness (QED) is 0.169. The predicted molar refractivity (Wildman–Crippen MR) is 137 cm³/mol. The second kappa shape index (κ2) is 22.1. The molecule has 0 saturated heterocycles. The number of nitrogens with one attached hydrogen (secondary N) is 1. The van der Waals surface area contributed by atoms with Gasteiger partial charge in [-0.3, -0.25) is 4.79 Å². The van der Waals surface area contributed by atoms with E-state index in [2.05, 4.69) is 12.2 Å². The zero-order valence-corrected chi connectivity index (χ0v) is 21.1. The van der Waals surface area contributed by atoms with Crippen LogP contribution in [0, 0.1) is 0 Å². The van der Waals surface area contributed by atoms with Gasteiger partial charge >= 0.3 is 0 Å². The van der Waals surface area contributed by atoms with Crippen LogP contribution in [0.1, 0.15) is 110 Å². The van der Waals surface area contributed by atoms with Crippen molar-refractivity contribution in [3.05, 3.63) is 24.3 Å². The Labute approximate surface area is 202 Å². The van der Waals surface area contributed by atoms with Crippen molar-refractivity contribution in [3.63, 3.8) is 0 Å². The smallest absolute Gasteiger partial charge is 0.219 e. The highest BCUT2D eigenvalue weighted by atomic mass is 16.5. The molecule has 0 saturated carbocycles. The molecular formula is C28H49NO4. The van der Waals surface area contributed by atoms with Gasteiger partial charge in [-0.25, -0.2) is 0 Å². The first-order valence-corrected chi connectivity index (χ1v) is 13.5. The van der Waals surface area contributed by atoms with Crippen molar-refractivity contribution in [1.29, 1.82) is 0 Å². The first-order valence-electron chi connectivity index (χ1n) is 13.5. The molecule has 1 rings (SSSR count). The lowest BCUT2D eigenvalue weighted by atomic mass is 10.1. The third kappa shape index (κ3) is 19.4. The molecule has 0 aliphatic rings. The minimum Gasteiger partial charge on any atom is -0.508 e. The van der Waals surface area contributed by atoms with E-state index in [0.29, 0.717) is 13.0 Å². The molecule has 5 heteroatoms. The van der Waals surface area contributed by atoms with E-state index < -0.39 is 0 Å². The fourth-order valence-electron chi connectivity index (χ4n) is 3.74. The molecule has 1 amide bonds. The van der Waals surface area contributed by atoms with Gasteiger partial charge in [0.1, 0.15) is 11.5 Å². The summed E-state index contributed by atoms with van der Waals surface area (Å²) in [6, 6.07) is 6.81. The number of hydrogen-bond acceptors (Lipinski definition) is 4. The van der Waals surface area contributed by atoms with Crippen molar-refractivity contribution in [3.8, 4) is 11.5 Å². The summed E-state index contributed by atoms with van der Waals surface area (Å²) in [5.41, 5.74) is 0. The Morgan fingerprint density at radius 2 is 1.27 bits per heavy atom. The minimum atomic E-state index is 0.172. The number of carbonyl (C=O) groups excluding carboxylic acids is 1. The van der Waals surface area contributed by atoms with E-state index in [1.165, 1.54) is 51.4 Å². The summed E-state index contributed by atoms with van der Waals surface area (Å²) in [5.74, 6) is 1.21. The summed E-state index contributed by atoms with van der Waals surface area (Å²) in [5, 5.41) is 12.3. The summed E-state index contributed by atoms with van der Waals surface area (Å²) >= 11 is 0. The number of carbonyl (C=O) groups is 1. The highest BCUT2D eigenvalue weighted by Gasteiger charge is 2.01. The molecule has 5 nitrogen and oxygen atoms in total. The zero-order valence-electron chi connectivity index (χ0n) is 21.1. The molecule has 0 fully saturated rings. The highest BCUT2D eigenvalue weighted by molar-refractivity contribution is 5.75. The molecule has 0 heterocycles. The van der Waals surface area contributed by atoms with Gasteiger partial charge in [-0.2, -0.15) is 0 Å². The Balaban J connectivity index is 1.75. The number of unbranched alkanes of at least 4 members (excludes halogenated alkanes) is 12. The molecule has 33 heavy (non-hydrogen) atoms. The molecule has 0 spiro atoms. The minimum absolute atomic E-state index is 0.172. The average Bonchev–Trinajstić information content (AvgIpc) is 2.82. The normalized spacial score (nSPS) is 10.9. The maximum atomic E-state index is 11.9. The van der Waals surface area contributed by atoms with Crippen molar-refractivity contribution >= 4 is 5.91 Å². The molecule has 0 bridgehead atoms. The molecule has 0 aliphatic carbocycles. The standard InChI is InChI=1S/C28H49NO4/c1-2-3-4-5-6-7-9-14-23-32-24-15-11-12-17-28(31)29-22-13-8-10-16-25-33-27-20-18-26(30)19-21-27/h18-21,30H,2-17,22-25H2,1H3,(H,29,31). The van der Waals surface area contributed by atoms with Gasteiger partial charge in [0.25, 0.3) is 0 Å². The first kappa shape index (κ1) is 29.3. The maximum absolute atomic E-state index is 11.9. The second-order valence-corrected chi connectivity index (χ2v) is 9.00. The van der Waals surface area contributed by atoms with E-state index in [-0.39, 0.29) is 11.7 Å². The van der Waals surface area contributed by atoms with Gasteiger partial charge in [-0.05, 0) is 56.4 Å². The van der Waals surface area contributed by atoms with Crippen LogP contribution in [-0.2, 0) is 9.53 Å². The largest absolute Gasteiger partial charge is 0.508 e. The lowest BCUT2D eigenvalue weighted by Crippen LogP contribution is -2.24. The van der Waals surface area contributed by atoms with Crippen LogP contribution in [0.5, 0.6) is 11.5 Å². The Morgan fingerprint density at radius 1 is 0.727 bits per heavy atom. The van der Waals surface area contributed by atoms with Gasteiger partial charge in [0.2, 0.25) is 5.91 Å². The van der Waals surface area contributed by atoms with Crippen LogP contribution in [0.4, 0.5) is 0 Å². The fourth-order valence-corrected chi connectivity index (χ4v) is 3.74. The van der Waals surface area contributed by atoms with Crippen molar-refractivity contribution < 1.29 is 19.4 Å². The average molecular weight is 464 g/mol. The van der Waals surface area contributed by atoms with Gasteiger partial charge in [0.15, 0.2) is 0 Å². The number of benzene rings is 1. The molecule has 0 unspecified atom stereocenters. The lowest BCUT2D eigenvalue weighted by molar-refractivity contribution is -0.121. The number of amides is 1. The van der Waals surface area contributed by atoms with Crippen molar-refractivity contribution in [2.75, 3.05) is 26.4 Å². The zero-order chi connectivity index (χ0) is 23.8. The van der Waals surface area contributed by atoms with Crippen LogP contribution in [-0.4, -0.2) is 37.4 Å². The van der Waals surface area contributed by atoms with Crippen LogP contribution < -0.4 is 10.1 Å². The van der Waals surface area contributed by atoms with Crippen molar-refractivity contribution in [1.82, 2.24) is 5.32 Å². The molecule has 0 aliphatic heterocycles. The number of aromatic hydroxyl groups is 1. The van der Waals surface area contributed by atoms with E-state index >= 15 is 0 Å². The van der Waals surface area contributed by atoms with Gasteiger partial charge in [-0.15, -0.1) is 0 Å². The van der Waals surface area contributed by atoms with E-state index in [9.17, 15) is 9.90 Å². The molecule has 0 radical (unpaired) electrons. The third-order valence-corrected chi connectivity index (χ3v) is 5.83. The fraction of sp³-hybridized carbons (Fsp3) is 0.750. The van der Waals surface area contributed by atoms with Gasteiger partial charge in [0.05, 0.1) is 6.61 Å². The van der Waals surface area contributed by atoms with Gasteiger partial charge in [0, 0.05) is 26.2 Å². The summed E-state index contributed by atoms with van der Waals surface area (Å²) < 4.78 is 11.3. The Kier molecular flexibility index (Phi) is 19.6.